The smallest absolute Gasteiger partial charge is 0.322 e. The van der Waals surface area contributed by atoms with E-state index in [1.54, 1.807) is 20.8 Å². The molecule has 7 heteroatoms. The first-order valence-corrected chi connectivity index (χ1v) is 9.99. The summed E-state index contributed by atoms with van der Waals surface area (Å²) in [5.74, 6) is -2.33. The Bertz CT molecular complexity index is 429. The minimum Gasteiger partial charge on any atom is -0.481 e. The Morgan fingerprint density at radius 1 is 0.786 bits per heavy atom. The summed E-state index contributed by atoms with van der Waals surface area (Å²) in [7, 11) is 0. The second-order valence-electron chi connectivity index (χ2n) is 6.38. The average molecular weight is 408 g/mol. The number of carbonyl (C=O) groups excluding carboxylic acids is 2. The van der Waals surface area contributed by atoms with Crippen molar-refractivity contribution in [2.45, 2.75) is 95.9 Å². The number of hydrogen-bond donors (Lipinski definition) is 3. The average Bonchev–Trinajstić information content (AvgIpc) is 2.64. The Kier molecular flexibility index (Phi) is 28.2. The highest BCUT2D eigenvalue weighted by Gasteiger charge is 2.38. The summed E-state index contributed by atoms with van der Waals surface area (Å²) < 4.78 is 0. The van der Waals surface area contributed by atoms with Gasteiger partial charge in [-0.25, -0.2) is 0 Å². The van der Waals surface area contributed by atoms with E-state index in [2.05, 4.69) is 5.32 Å². The van der Waals surface area contributed by atoms with Crippen molar-refractivity contribution in [1.82, 2.24) is 5.32 Å². The SMILES string of the molecule is CC.CC.CC.CC(C)(CC(C)(C)C(=O)NCC(=O)O)C(=O)O.CCC(C)=O. The molecule has 0 aromatic heterocycles. The highest BCUT2D eigenvalue weighted by Crippen LogP contribution is 2.33. The monoisotopic (exact) mass is 407 g/mol. The summed E-state index contributed by atoms with van der Waals surface area (Å²) in [6, 6.07) is 0. The van der Waals surface area contributed by atoms with Crippen LogP contribution in [0, 0.1) is 10.8 Å². The first-order valence-electron chi connectivity index (χ1n) is 9.99. The topological polar surface area (TPSA) is 121 Å². The number of nitrogens with one attached hydrogen (secondary N) is 1. The normalized spacial score (nSPS) is 9.29. The van der Waals surface area contributed by atoms with Gasteiger partial charge in [0.05, 0.1) is 5.41 Å². The Hall–Kier alpha value is -1.92. The third-order valence-electron chi connectivity index (χ3n) is 2.98. The summed E-state index contributed by atoms with van der Waals surface area (Å²) >= 11 is 0. The fourth-order valence-corrected chi connectivity index (χ4v) is 1.66. The molecule has 3 N–H and O–H groups in total. The number of amides is 1. The van der Waals surface area contributed by atoms with E-state index in [1.165, 1.54) is 13.8 Å². The van der Waals surface area contributed by atoms with E-state index in [0.29, 0.717) is 6.42 Å². The lowest BCUT2D eigenvalue weighted by molar-refractivity contribution is -0.150. The van der Waals surface area contributed by atoms with Crippen LogP contribution in [-0.2, 0) is 19.2 Å². The molecule has 0 aliphatic rings. The van der Waals surface area contributed by atoms with Crippen LogP contribution in [0.4, 0.5) is 0 Å². The van der Waals surface area contributed by atoms with Gasteiger partial charge in [0.2, 0.25) is 5.91 Å². The van der Waals surface area contributed by atoms with Crippen molar-refractivity contribution in [1.29, 1.82) is 0 Å². The quantitative estimate of drug-likeness (QED) is 0.558. The molecular formula is C21H45NO6. The molecular weight excluding hydrogens is 362 g/mol. The van der Waals surface area contributed by atoms with Crippen molar-refractivity contribution in [3.8, 4) is 0 Å². The van der Waals surface area contributed by atoms with Gasteiger partial charge in [-0.05, 0) is 27.2 Å². The number of hydrogen-bond acceptors (Lipinski definition) is 4. The molecule has 0 heterocycles. The summed E-state index contributed by atoms with van der Waals surface area (Å²) in [4.78, 5) is 42.8. The maximum atomic E-state index is 11.7. The van der Waals surface area contributed by atoms with Crippen molar-refractivity contribution < 1.29 is 29.4 Å². The zero-order valence-corrected chi connectivity index (χ0v) is 20.1. The molecule has 0 saturated carbocycles. The molecule has 0 aliphatic heterocycles. The van der Waals surface area contributed by atoms with Crippen LogP contribution >= 0.6 is 0 Å². The van der Waals surface area contributed by atoms with Crippen molar-refractivity contribution in [2.75, 3.05) is 6.54 Å². The molecule has 0 aromatic carbocycles. The number of Topliss-reactive ketones (excluding diaryl/α,β-unsaturated/α-hetero) is 1. The van der Waals surface area contributed by atoms with Gasteiger partial charge in [-0.15, -0.1) is 0 Å². The number of carboxylic acid groups (broad SMARTS) is 2. The number of ketones is 1. The van der Waals surface area contributed by atoms with E-state index in [1.807, 2.05) is 48.5 Å². The summed E-state index contributed by atoms with van der Waals surface area (Å²) in [5.41, 5.74) is -1.97. The van der Waals surface area contributed by atoms with Crippen LogP contribution < -0.4 is 5.32 Å². The van der Waals surface area contributed by atoms with Gasteiger partial charge in [-0.1, -0.05) is 62.3 Å². The molecule has 7 nitrogen and oxygen atoms in total. The molecule has 1 amide bonds. The van der Waals surface area contributed by atoms with Crippen molar-refractivity contribution in [3.05, 3.63) is 0 Å². The summed E-state index contributed by atoms with van der Waals surface area (Å²) in [6.45, 7) is 21.2. The lowest BCUT2D eigenvalue weighted by atomic mass is 9.74. The first-order chi connectivity index (χ1) is 12.8. The van der Waals surface area contributed by atoms with Crippen molar-refractivity contribution in [2.24, 2.45) is 10.8 Å². The van der Waals surface area contributed by atoms with Crippen LogP contribution in [0.25, 0.3) is 0 Å². The van der Waals surface area contributed by atoms with E-state index >= 15 is 0 Å². The lowest BCUT2D eigenvalue weighted by Crippen LogP contribution is -2.43. The van der Waals surface area contributed by atoms with Gasteiger partial charge in [-0.2, -0.15) is 0 Å². The number of aliphatic carboxylic acids is 2. The molecule has 0 aromatic rings. The first kappa shape index (κ1) is 36.9. The second-order valence-corrected chi connectivity index (χ2v) is 6.38. The summed E-state index contributed by atoms with van der Waals surface area (Å²) in [5, 5.41) is 19.7. The maximum Gasteiger partial charge on any atom is 0.322 e. The molecule has 28 heavy (non-hydrogen) atoms. The third-order valence-corrected chi connectivity index (χ3v) is 2.98. The van der Waals surface area contributed by atoms with E-state index < -0.39 is 35.2 Å². The van der Waals surface area contributed by atoms with Gasteiger partial charge in [-0.3, -0.25) is 14.4 Å². The Labute approximate surface area is 172 Å². The van der Waals surface area contributed by atoms with E-state index in [4.69, 9.17) is 10.2 Å². The molecule has 170 valence electrons. The standard InChI is InChI=1S/C11H19NO5.C4H8O.3C2H6/c1-10(2,6-11(3,4)9(16)17)8(15)12-5-7(13)14;1-3-4(2)5;3*1-2/h5-6H2,1-4H3,(H,12,15)(H,13,14)(H,16,17);3H2,1-2H3;3*1-2H3. The molecule has 0 saturated heterocycles. The van der Waals surface area contributed by atoms with Gasteiger partial charge in [0.25, 0.3) is 0 Å². The van der Waals surface area contributed by atoms with Gasteiger partial charge in [0.15, 0.2) is 0 Å². The third kappa shape index (κ3) is 24.1. The second kappa shape index (κ2) is 21.4. The predicted molar refractivity (Wildman–Crippen MR) is 115 cm³/mol. The minimum atomic E-state index is -1.13. The van der Waals surface area contributed by atoms with Crippen LogP contribution in [0.5, 0.6) is 0 Å². The molecule has 0 fully saturated rings. The number of rotatable bonds is 7. The highest BCUT2D eigenvalue weighted by atomic mass is 16.4. The summed E-state index contributed by atoms with van der Waals surface area (Å²) in [6.07, 6.45) is 0.792. The maximum absolute atomic E-state index is 11.7. The van der Waals surface area contributed by atoms with Crippen LogP contribution in [0.3, 0.4) is 0 Å². The van der Waals surface area contributed by atoms with E-state index in [0.717, 1.165) is 0 Å². The Balaban J connectivity index is -0.000000134. The number of carbonyl (C=O) groups is 4. The predicted octanol–water partition coefficient (Wildman–Crippen LogP) is 4.78. The molecule has 0 spiro atoms. The minimum absolute atomic E-state index is 0.126. The van der Waals surface area contributed by atoms with Crippen molar-refractivity contribution >= 4 is 23.6 Å². The largest absolute Gasteiger partial charge is 0.481 e. The molecule has 0 aliphatic carbocycles. The fraction of sp³-hybridized carbons (Fsp3) is 0.810. The van der Waals surface area contributed by atoms with Crippen LogP contribution in [0.2, 0.25) is 0 Å². The van der Waals surface area contributed by atoms with E-state index in [9.17, 15) is 19.2 Å². The molecule has 0 unspecified atom stereocenters. The van der Waals surface area contributed by atoms with E-state index in [-0.39, 0.29) is 12.2 Å². The molecule has 0 radical (unpaired) electrons. The fourth-order valence-electron chi connectivity index (χ4n) is 1.66. The molecule has 0 bridgehead atoms. The molecule has 0 rings (SSSR count). The molecule has 0 atom stereocenters. The van der Waals surface area contributed by atoms with Gasteiger partial charge >= 0.3 is 11.9 Å². The van der Waals surface area contributed by atoms with Crippen LogP contribution in [-0.4, -0.2) is 40.4 Å². The highest BCUT2D eigenvalue weighted by molar-refractivity contribution is 5.86. The zero-order valence-electron chi connectivity index (χ0n) is 20.1. The Morgan fingerprint density at radius 3 is 1.32 bits per heavy atom. The zero-order chi connectivity index (χ0) is 24.1. The van der Waals surface area contributed by atoms with Crippen LogP contribution in [0.1, 0.15) is 95.9 Å². The van der Waals surface area contributed by atoms with Gasteiger partial charge < -0.3 is 20.3 Å². The van der Waals surface area contributed by atoms with Gasteiger partial charge in [0.1, 0.15) is 12.3 Å². The Morgan fingerprint density at radius 2 is 1.11 bits per heavy atom. The lowest BCUT2D eigenvalue weighted by Gasteiger charge is -2.30. The van der Waals surface area contributed by atoms with Gasteiger partial charge in [0, 0.05) is 11.8 Å². The number of carboxylic acids is 2. The van der Waals surface area contributed by atoms with Crippen molar-refractivity contribution in [3.63, 3.8) is 0 Å². The van der Waals surface area contributed by atoms with Crippen LogP contribution in [0.15, 0.2) is 0 Å².